The zero-order chi connectivity index (χ0) is 30.7. The van der Waals surface area contributed by atoms with Crippen LogP contribution in [0, 0.1) is 0 Å². The fraction of sp³-hybridized carbons (Fsp3) is 0.119. The van der Waals surface area contributed by atoms with Crippen LogP contribution in [-0.2, 0) is 12.5 Å². The highest BCUT2D eigenvalue weighted by Crippen LogP contribution is 2.43. The van der Waals surface area contributed by atoms with Gasteiger partial charge < -0.3 is 4.57 Å². The van der Waals surface area contributed by atoms with Gasteiger partial charge in [0.15, 0.2) is 0 Å². The third-order valence-electron chi connectivity index (χ3n) is 9.10. The van der Waals surface area contributed by atoms with Crippen molar-refractivity contribution in [1.82, 2.24) is 14.1 Å². The first kappa shape index (κ1) is 27.2. The molecule has 0 saturated heterocycles. The average molecular weight is 582 g/mol. The molecule has 0 amide bonds. The standard InChI is InChI=1S/C42H35N3/c1-42(2,3)31-26-33(28-15-7-5-8-16-28)40(34(27-31)29-17-9-6-10-18-29)45-39-22-14-12-20-36(39)43-41(45)30-23-24-38-35(25-30)32-19-11-13-21-37(32)44(38)4/h5-27H,1-4H3. The van der Waals surface area contributed by atoms with Crippen molar-refractivity contribution in [3.63, 3.8) is 0 Å². The Morgan fingerprint density at radius 1 is 0.511 bits per heavy atom. The number of benzene rings is 6. The summed E-state index contributed by atoms with van der Waals surface area (Å²) in [4.78, 5) is 5.35. The van der Waals surface area contributed by atoms with E-state index in [9.17, 15) is 0 Å². The molecule has 0 saturated carbocycles. The van der Waals surface area contributed by atoms with Crippen molar-refractivity contribution in [2.75, 3.05) is 0 Å². The number of aromatic nitrogens is 3. The van der Waals surface area contributed by atoms with Crippen LogP contribution in [0.3, 0.4) is 0 Å². The molecule has 45 heavy (non-hydrogen) atoms. The van der Waals surface area contributed by atoms with Crippen LogP contribution in [-0.4, -0.2) is 14.1 Å². The van der Waals surface area contributed by atoms with E-state index in [1.54, 1.807) is 0 Å². The Balaban J connectivity index is 1.52. The van der Waals surface area contributed by atoms with Gasteiger partial charge in [0.2, 0.25) is 0 Å². The van der Waals surface area contributed by atoms with E-state index >= 15 is 0 Å². The molecule has 0 aliphatic heterocycles. The number of fused-ring (bicyclic) bond motifs is 4. The minimum absolute atomic E-state index is 0.0369. The molecule has 0 aliphatic rings. The van der Waals surface area contributed by atoms with Gasteiger partial charge in [-0.25, -0.2) is 4.98 Å². The van der Waals surface area contributed by atoms with Gasteiger partial charge >= 0.3 is 0 Å². The van der Waals surface area contributed by atoms with Crippen molar-refractivity contribution >= 4 is 32.8 Å². The van der Waals surface area contributed by atoms with Gasteiger partial charge in [-0.15, -0.1) is 0 Å². The molecule has 0 aliphatic carbocycles. The van der Waals surface area contributed by atoms with Crippen LogP contribution in [0.15, 0.2) is 140 Å². The highest BCUT2D eigenvalue weighted by atomic mass is 15.1. The predicted molar refractivity (Wildman–Crippen MR) is 190 cm³/mol. The van der Waals surface area contributed by atoms with E-state index in [0.717, 1.165) is 28.1 Å². The summed E-state index contributed by atoms with van der Waals surface area (Å²) in [5, 5.41) is 2.49. The normalized spacial score (nSPS) is 12.0. The maximum Gasteiger partial charge on any atom is 0.145 e. The second-order valence-electron chi connectivity index (χ2n) is 13.0. The first-order valence-electron chi connectivity index (χ1n) is 15.6. The Morgan fingerprint density at radius 3 is 1.71 bits per heavy atom. The van der Waals surface area contributed by atoms with Gasteiger partial charge in [0.25, 0.3) is 0 Å². The third-order valence-corrected chi connectivity index (χ3v) is 9.10. The monoisotopic (exact) mass is 581 g/mol. The van der Waals surface area contributed by atoms with Gasteiger partial charge in [-0.05, 0) is 70.6 Å². The van der Waals surface area contributed by atoms with Gasteiger partial charge in [-0.2, -0.15) is 0 Å². The molecule has 2 heterocycles. The maximum absolute atomic E-state index is 5.35. The minimum atomic E-state index is -0.0369. The Labute approximate surface area is 264 Å². The van der Waals surface area contributed by atoms with E-state index in [0.29, 0.717) is 0 Å². The molecule has 0 bridgehead atoms. The molecule has 6 aromatic carbocycles. The summed E-state index contributed by atoms with van der Waals surface area (Å²) in [5.74, 6) is 0.934. The molecule has 0 spiro atoms. The van der Waals surface area contributed by atoms with Crippen molar-refractivity contribution in [2.24, 2.45) is 7.05 Å². The summed E-state index contributed by atoms with van der Waals surface area (Å²) in [5.41, 5.74) is 12.8. The molecule has 3 nitrogen and oxygen atoms in total. The zero-order valence-electron chi connectivity index (χ0n) is 26.1. The molecule has 8 aromatic rings. The lowest BCUT2D eigenvalue weighted by Gasteiger charge is -2.26. The van der Waals surface area contributed by atoms with Crippen LogP contribution in [0.2, 0.25) is 0 Å². The SMILES string of the molecule is Cn1c2ccccc2c2cc(-c3nc4ccccc4n3-c3c(-c4ccccc4)cc(C(C)(C)C)cc3-c3ccccc3)ccc21. The summed E-state index contributed by atoms with van der Waals surface area (Å²) >= 11 is 0. The van der Waals surface area contributed by atoms with Crippen LogP contribution >= 0.6 is 0 Å². The number of nitrogens with zero attached hydrogens (tertiary/aromatic N) is 3. The van der Waals surface area contributed by atoms with E-state index in [1.165, 1.54) is 49.6 Å². The number of imidazole rings is 1. The Hall–Kier alpha value is -5.41. The van der Waals surface area contributed by atoms with E-state index in [-0.39, 0.29) is 5.41 Å². The molecule has 0 unspecified atom stereocenters. The lowest BCUT2D eigenvalue weighted by molar-refractivity contribution is 0.590. The summed E-state index contributed by atoms with van der Waals surface area (Å²) < 4.78 is 4.68. The lowest BCUT2D eigenvalue weighted by atomic mass is 9.82. The molecule has 0 fully saturated rings. The average Bonchev–Trinajstić information content (AvgIpc) is 3.60. The molecule has 2 aromatic heterocycles. The van der Waals surface area contributed by atoms with Crippen molar-refractivity contribution in [3.05, 3.63) is 145 Å². The largest absolute Gasteiger partial charge is 0.344 e. The van der Waals surface area contributed by atoms with E-state index in [2.05, 4.69) is 176 Å². The Morgan fingerprint density at radius 2 is 1.07 bits per heavy atom. The number of rotatable bonds is 4. The topological polar surface area (TPSA) is 22.8 Å². The molecule has 0 N–H and O–H groups in total. The molecule has 218 valence electrons. The summed E-state index contributed by atoms with van der Waals surface area (Å²) in [6, 6.07) is 50.3. The first-order valence-corrected chi connectivity index (χ1v) is 15.6. The fourth-order valence-electron chi connectivity index (χ4n) is 6.74. The highest BCUT2D eigenvalue weighted by Gasteiger charge is 2.25. The number of aryl methyl sites for hydroxylation is 1. The quantitative estimate of drug-likeness (QED) is 0.203. The van der Waals surface area contributed by atoms with Crippen molar-refractivity contribution in [2.45, 2.75) is 26.2 Å². The smallest absolute Gasteiger partial charge is 0.145 e. The van der Waals surface area contributed by atoms with Crippen molar-refractivity contribution in [3.8, 4) is 39.3 Å². The van der Waals surface area contributed by atoms with E-state index < -0.39 is 0 Å². The second-order valence-corrected chi connectivity index (χ2v) is 13.0. The van der Waals surface area contributed by atoms with Crippen LogP contribution < -0.4 is 0 Å². The third kappa shape index (κ3) is 4.46. The molecule has 8 rings (SSSR count). The van der Waals surface area contributed by atoms with Crippen LogP contribution in [0.25, 0.3) is 72.2 Å². The molecule has 3 heteroatoms. The number of hydrogen-bond donors (Lipinski definition) is 0. The number of hydrogen-bond acceptors (Lipinski definition) is 1. The molecule has 0 atom stereocenters. The van der Waals surface area contributed by atoms with Crippen molar-refractivity contribution in [1.29, 1.82) is 0 Å². The van der Waals surface area contributed by atoms with E-state index in [1.807, 2.05) is 0 Å². The van der Waals surface area contributed by atoms with Gasteiger partial charge in [0.05, 0.1) is 16.7 Å². The maximum atomic E-state index is 5.35. The predicted octanol–water partition coefficient (Wildman–Crippen LogP) is 11.0. The van der Waals surface area contributed by atoms with Crippen LogP contribution in [0.4, 0.5) is 0 Å². The second kappa shape index (κ2) is 10.3. The minimum Gasteiger partial charge on any atom is -0.344 e. The Kier molecular flexibility index (Phi) is 6.25. The summed E-state index contributed by atoms with van der Waals surface area (Å²) in [6.45, 7) is 6.88. The van der Waals surface area contributed by atoms with Gasteiger partial charge in [0, 0.05) is 45.5 Å². The lowest BCUT2D eigenvalue weighted by Crippen LogP contribution is -2.13. The summed E-state index contributed by atoms with van der Waals surface area (Å²) in [7, 11) is 2.15. The highest BCUT2D eigenvalue weighted by molar-refractivity contribution is 6.09. The first-order chi connectivity index (χ1) is 21.9. The van der Waals surface area contributed by atoms with Crippen molar-refractivity contribution < 1.29 is 0 Å². The van der Waals surface area contributed by atoms with Gasteiger partial charge in [0.1, 0.15) is 5.82 Å². The molecule has 0 radical (unpaired) electrons. The van der Waals surface area contributed by atoms with E-state index in [4.69, 9.17) is 4.98 Å². The van der Waals surface area contributed by atoms with Gasteiger partial charge in [-0.3, -0.25) is 4.57 Å². The molecular formula is C42H35N3. The zero-order valence-corrected chi connectivity index (χ0v) is 26.1. The summed E-state index contributed by atoms with van der Waals surface area (Å²) in [6.07, 6.45) is 0. The fourth-order valence-corrected chi connectivity index (χ4v) is 6.74. The Bertz CT molecular complexity index is 2290. The number of para-hydroxylation sites is 3. The van der Waals surface area contributed by atoms with Gasteiger partial charge in [-0.1, -0.05) is 112 Å². The van der Waals surface area contributed by atoms with Crippen LogP contribution in [0.5, 0.6) is 0 Å². The van der Waals surface area contributed by atoms with Crippen LogP contribution in [0.1, 0.15) is 26.3 Å². The molecular weight excluding hydrogens is 546 g/mol.